The first-order valence-corrected chi connectivity index (χ1v) is 10.4. The molecule has 0 saturated carbocycles. The number of hydrogen-bond donors (Lipinski definition) is 0. The molecule has 160 valence electrons. The summed E-state index contributed by atoms with van der Waals surface area (Å²) < 4.78 is 27.8. The van der Waals surface area contributed by atoms with Crippen molar-refractivity contribution >= 4 is 11.9 Å². The molecule has 2 aliphatic heterocycles. The van der Waals surface area contributed by atoms with Crippen LogP contribution in [0.25, 0.3) is 6.08 Å². The Hall–Kier alpha value is -4.29. The summed E-state index contributed by atoms with van der Waals surface area (Å²) in [6.07, 6.45) is 3.56. The van der Waals surface area contributed by atoms with Crippen LogP contribution >= 0.6 is 0 Å². The molecule has 0 spiro atoms. The van der Waals surface area contributed by atoms with Gasteiger partial charge in [-0.15, -0.1) is 0 Å². The van der Waals surface area contributed by atoms with E-state index in [9.17, 15) is 24.1 Å². The molecule has 3 atom stereocenters. The fraction of sp³-hybridized carbons (Fsp3) is 0.148. The van der Waals surface area contributed by atoms with Gasteiger partial charge in [-0.25, -0.2) is 8.78 Å². The number of benzene rings is 3. The molecule has 0 N–H and O–H groups in total. The molecule has 2 heterocycles. The molecule has 4 nitrogen and oxygen atoms in total. The number of nitriles is 2. The lowest BCUT2D eigenvalue weighted by Gasteiger charge is -2.34. The standard InChI is InChI=1S/C27H17F2N3O/c28-20-10-8-18(9-11-20)25(33)24-23(19-5-3-6-21(29)14-19)27(15-30,16-31)26-22-7-2-1-4-17(22)12-13-32(24)26/h1-14,23-24,26H/t23-,24-,26+/m0/s1. The molecule has 0 amide bonds. The number of fused-ring (bicyclic) bond motifs is 3. The van der Waals surface area contributed by atoms with Crippen LogP contribution in [-0.4, -0.2) is 16.7 Å². The van der Waals surface area contributed by atoms with Crippen molar-refractivity contribution in [2.45, 2.75) is 18.0 Å². The van der Waals surface area contributed by atoms with Gasteiger partial charge in [0, 0.05) is 17.7 Å². The average molecular weight is 437 g/mol. The van der Waals surface area contributed by atoms with Crippen molar-refractivity contribution < 1.29 is 13.6 Å². The van der Waals surface area contributed by atoms with E-state index in [0.717, 1.165) is 11.1 Å². The first-order chi connectivity index (χ1) is 16.0. The van der Waals surface area contributed by atoms with Crippen molar-refractivity contribution in [3.63, 3.8) is 0 Å². The van der Waals surface area contributed by atoms with Gasteiger partial charge in [-0.05, 0) is 59.2 Å². The Labute approximate surface area is 189 Å². The zero-order valence-electron chi connectivity index (χ0n) is 17.3. The van der Waals surface area contributed by atoms with Crippen LogP contribution < -0.4 is 0 Å². The Morgan fingerprint density at radius 2 is 1.64 bits per heavy atom. The predicted molar refractivity (Wildman–Crippen MR) is 117 cm³/mol. The normalized spacial score (nSPS) is 22.1. The maximum Gasteiger partial charge on any atom is 0.185 e. The molecule has 0 aromatic heterocycles. The summed E-state index contributed by atoms with van der Waals surface area (Å²) in [7, 11) is 0. The Bertz CT molecular complexity index is 1350. The smallest absolute Gasteiger partial charge is 0.185 e. The van der Waals surface area contributed by atoms with Gasteiger partial charge >= 0.3 is 0 Å². The number of hydrogen-bond acceptors (Lipinski definition) is 4. The van der Waals surface area contributed by atoms with Crippen LogP contribution in [0.5, 0.6) is 0 Å². The van der Waals surface area contributed by atoms with E-state index in [0.29, 0.717) is 5.56 Å². The van der Waals surface area contributed by atoms with Gasteiger partial charge in [0.05, 0.1) is 18.2 Å². The quantitative estimate of drug-likeness (QED) is 0.517. The molecule has 5 rings (SSSR count). The van der Waals surface area contributed by atoms with Crippen molar-refractivity contribution in [3.8, 4) is 12.1 Å². The first kappa shape index (κ1) is 20.6. The molecule has 1 saturated heterocycles. The van der Waals surface area contributed by atoms with Gasteiger partial charge in [-0.3, -0.25) is 4.79 Å². The second-order valence-corrected chi connectivity index (χ2v) is 8.24. The van der Waals surface area contributed by atoms with Crippen molar-refractivity contribution in [1.29, 1.82) is 10.5 Å². The van der Waals surface area contributed by atoms with E-state index in [1.165, 1.54) is 42.5 Å². The molecule has 0 unspecified atom stereocenters. The molecular formula is C27H17F2N3O. The summed E-state index contributed by atoms with van der Waals surface area (Å²) in [6.45, 7) is 0. The third kappa shape index (κ3) is 3.03. The monoisotopic (exact) mass is 437 g/mol. The van der Waals surface area contributed by atoms with Gasteiger partial charge in [-0.2, -0.15) is 10.5 Å². The number of ketones is 1. The van der Waals surface area contributed by atoms with E-state index in [2.05, 4.69) is 12.1 Å². The maximum atomic E-state index is 14.3. The summed E-state index contributed by atoms with van der Waals surface area (Å²) in [5.41, 5.74) is 0.564. The fourth-order valence-electron chi connectivity index (χ4n) is 5.15. The van der Waals surface area contributed by atoms with Gasteiger partial charge in [0.1, 0.15) is 17.7 Å². The lowest BCUT2D eigenvalue weighted by Crippen LogP contribution is -2.37. The van der Waals surface area contributed by atoms with Crippen LogP contribution in [0.15, 0.2) is 79.0 Å². The Morgan fingerprint density at radius 3 is 2.33 bits per heavy atom. The minimum atomic E-state index is -1.67. The minimum absolute atomic E-state index is 0.250. The van der Waals surface area contributed by atoms with E-state index >= 15 is 0 Å². The van der Waals surface area contributed by atoms with E-state index in [-0.39, 0.29) is 11.3 Å². The summed E-state index contributed by atoms with van der Waals surface area (Å²) in [4.78, 5) is 15.5. The van der Waals surface area contributed by atoms with Crippen LogP contribution in [-0.2, 0) is 0 Å². The van der Waals surface area contributed by atoms with Crippen LogP contribution in [0, 0.1) is 39.7 Å². The highest BCUT2D eigenvalue weighted by Crippen LogP contribution is 2.60. The molecular weight excluding hydrogens is 420 g/mol. The second kappa shape index (κ2) is 7.69. The average Bonchev–Trinajstić information content (AvgIpc) is 3.15. The molecule has 3 aromatic rings. The highest BCUT2D eigenvalue weighted by molar-refractivity contribution is 6.01. The van der Waals surface area contributed by atoms with E-state index in [4.69, 9.17) is 0 Å². The van der Waals surface area contributed by atoms with Crippen LogP contribution in [0.1, 0.15) is 39.0 Å². The van der Waals surface area contributed by atoms with Crippen molar-refractivity contribution in [1.82, 2.24) is 4.90 Å². The van der Waals surface area contributed by atoms with Crippen LogP contribution in [0.3, 0.4) is 0 Å². The molecule has 0 radical (unpaired) electrons. The van der Waals surface area contributed by atoms with Gasteiger partial charge in [-0.1, -0.05) is 36.4 Å². The lowest BCUT2D eigenvalue weighted by atomic mass is 9.67. The van der Waals surface area contributed by atoms with E-state index in [1.54, 1.807) is 17.2 Å². The lowest BCUT2D eigenvalue weighted by molar-refractivity contribution is 0.0874. The Balaban J connectivity index is 1.77. The van der Waals surface area contributed by atoms with Crippen LogP contribution in [0.4, 0.5) is 8.78 Å². The third-order valence-electron chi connectivity index (χ3n) is 6.55. The summed E-state index contributed by atoms with van der Waals surface area (Å²) in [6, 6.07) is 21.0. The zero-order chi connectivity index (χ0) is 23.2. The predicted octanol–water partition coefficient (Wildman–Crippen LogP) is 5.37. The number of Topliss-reactive ketones (excluding diaryl/α,β-unsaturated/α-hetero) is 1. The number of rotatable bonds is 3. The van der Waals surface area contributed by atoms with Gasteiger partial charge < -0.3 is 4.90 Å². The Morgan fingerprint density at radius 1 is 0.909 bits per heavy atom. The molecule has 33 heavy (non-hydrogen) atoms. The number of nitrogens with zero attached hydrogens (tertiary/aromatic N) is 3. The van der Waals surface area contributed by atoms with Crippen molar-refractivity contribution in [2.75, 3.05) is 0 Å². The zero-order valence-corrected chi connectivity index (χ0v) is 17.3. The van der Waals surface area contributed by atoms with Gasteiger partial charge in [0.2, 0.25) is 0 Å². The summed E-state index contributed by atoms with van der Waals surface area (Å²) in [5, 5.41) is 20.8. The van der Waals surface area contributed by atoms with E-state index in [1.807, 2.05) is 30.3 Å². The topological polar surface area (TPSA) is 67.9 Å². The molecule has 3 aromatic carbocycles. The second-order valence-electron chi connectivity index (χ2n) is 8.24. The van der Waals surface area contributed by atoms with Crippen molar-refractivity contribution in [3.05, 3.63) is 113 Å². The molecule has 6 heteroatoms. The number of halogens is 2. The third-order valence-corrected chi connectivity index (χ3v) is 6.55. The molecule has 0 aliphatic carbocycles. The molecule has 0 bridgehead atoms. The molecule has 1 fully saturated rings. The number of carbonyl (C=O) groups is 1. The highest BCUT2D eigenvalue weighted by Gasteiger charge is 2.63. The Kier molecular flexibility index (Phi) is 4.80. The SMILES string of the molecule is N#CC1(C#N)[C@@H](c2cccc(F)c2)[C@@H](C(=O)c2ccc(F)cc2)N2C=Cc3ccccc3[C@@H]21. The molecule has 2 aliphatic rings. The highest BCUT2D eigenvalue weighted by atomic mass is 19.1. The first-order valence-electron chi connectivity index (χ1n) is 10.4. The van der Waals surface area contributed by atoms with Crippen LogP contribution in [0.2, 0.25) is 0 Å². The number of carbonyl (C=O) groups excluding carboxylic acids is 1. The minimum Gasteiger partial charge on any atom is -0.357 e. The summed E-state index contributed by atoms with van der Waals surface area (Å²) in [5.74, 6) is -2.31. The van der Waals surface area contributed by atoms with Crippen molar-refractivity contribution in [2.24, 2.45) is 5.41 Å². The van der Waals surface area contributed by atoms with Gasteiger partial charge in [0.25, 0.3) is 0 Å². The summed E-state index contributed by atoms with van der Waals surface area (Å²) >= 11 is 0. The maximum absolute atomic E-state index is 14.3. The van der Waals surface area contributed by atoms with E-state index < -0.39 is 35.1 Å². The van der Waals surface area contributed by atoms with Gasteiger partial charge in [0.15, 0.2) is 11.2 Å². The largest absolute Gasteiger partial charge is 0.357 e. The fourth-order valence-corrected chi connectivity index (χ4v) is 5.15.